The lowest BCUT2D eigenvalue weighted by Gasteiger charge is -2.11. The first kappa shape index (κ1) is 21.4. The van der Waals surface area contributed by atoms with Crippen LogP contribution in [-0.2, 0) is 24.2 Å². The summed E-state index contributed by atoms with van der Waals surface area (Å²) in [5, 5.41) is 5.81. The molecule has 2 heterocycles. The second-order valence-corrected chi connectivity index (χ2v) is 7.54. The number of rotatable bonds is 9. The Balaban J connectivity index is 1.41. The smallest absolute Gasteiger partial charge is 0.286 e. The monoisotopic (exact) mass is 430 g/mol. The van der Waals surface area contributed by atoms with Gasteiger partial charge in [-0.25, -0.2) is 4.98 Å². The Kier molecular flexibility index (Phi) is 6.65. The van der Waals surface area contributed by atoms with Crippen molar-refractivity contribution in [2.24, 2.45) is 0 Å². The zero-order valence-corrected chi connectivity index (χ0v) is 18.0. The minimum absolute atomic E-state index is 0.107. The lowest BCUT2D eigenvalue weighted by molar-refractivity contribution is -0.116. The molecule has 4 aromatic rings. The van der Waals surface area contributed by atoms with Crippen LogP contribution in [0.1, 0.15) is 35.3 Å². The predicted octanol–water partition coefficient (Wildman–Crippen LogP) is 4.19. The van der Waals surface area contributed by atoms with Crippen LogP contribution in [0.5, 0.6) is 0 Å². The standard InChI is InChI=1S/C25H26N4O3/c1-2-18-11-13-19(14-12-18)27-24(30)17-29-21-8-4-3-7-20(21)28-23(29)10-5-15-26-25(31)22-9-6-16-32-22/h3-4,6-9,11-14,16H,2,5,10,15,17H2,1H3,(H,26,31)(H,27,30). The van der Waals surface area contributed by atoms with Crippen LogP contribution in [0.2, 0.25) is 0 Å². The quantitative estimate of drug-likeness (QED) is 0.390. The molecule has 0 aliphatic rings. The van der Waals surface area contributed by atoms with Gasteiger partial charge in [0.2, 0.25) is 5.91 Å². The van der Waals surface area contributed by atoms with E-state index < -0.39 is 0 Å². The average Bonchev–Trinajstić information content (AvgIpc) is 3.46. The number of benzene rings is 2. The number of imidazole rings is 1. The van der Waals surface area contributed by atoms with Crippen LogP contribution in [-0.4, -0.2) is 27.9 Å². The van der Waals surface area contributed by atoms with Gasteiger partial charge in [0.05, 0.1) is 17.3 Å². The van der Waals surface area contributed by atoms with Crippen molar-refractivity contribution < 1.29 is 14.0 Å². The molecular formula is C25H26N4O3. The van der Waals surface area contributed by atoms with E-state index in [1.165, 1.54) is 11.8 Å². The van der Waals surface area contributed by atoms with E-state index in [2.05, 4.69) is 17.6 Å². The van der Waals surface area contributed by atoms with Crippen molar-refractivity contribution >= 4 is 28.5 Å². The summed E-state index contributed by atoms with van der Waals surface area (Å²) in [4.78, 5) is 29.5. The van der Waals surface area contributed by atoms with Gasteiger partial charge in [-0.15, -0.1) is 0 Å². The molecule has 0 aliphatic carbocycles. The zero-order valence-electron chi connectivity index (χ0n) is 18.0. The molecule has 2 aromatic heterocycles. The highest BCUT2D eigenvalue weighted by molar-refractivity contribution is 5.92. The average molecular weight is 431 g/mol. The van der Waals surface area contributed by atoms with Crippen LogP contribution >= 0.6 is 0 Å². The number of nitrogens with one attached hydrogen (secondary N) is 2. The van der Waals surface area contributed by atoms with Crippen LogP contribution in [0.3, 0.4) is 0 Å². The zero-order chi connectivity index (χ0) is 22.3. The van der Waals surface area contributed by atoms with Crippen LogP contribution < -0.4 is 10.6 Å². The lowest BCUT2D eigenvalue weighted by Crippen LogP contribution is -2.25. The Labute approximate surface area is 186 Å². The number of anilines is 1. The van der Waals surface area contributed by atoms with E-state index >= 15 is 0 Å². The number of carbonyl (C=O) groups excluding carboxylic acids is 2. The molecule has 0 saturated heterocycles. The summed E-state index contributed by atoms with van der Waals surface area (Å²) in [6, 6.07) is 19.0. The summed E-state index contributed by atoms with van der Waals surface area (Å²) >= 11 is 0. The molecule has 7 nitrogen and oxygen atoms in total. The molecule has 0 atom stereocenters. The summed E-state index contributed by atoms with van der Waals surface area (Å²) in [5.41, 5.74) is 3.77. The summed E-state index contributed by atoms with van der Waals surface area (Å²) in [6.45, 7) is 2.75. The number of amides is 2. The number of para-hydroxylation sites is 2. The molecule has 4 rings (SSSR count). The van der Waals surface area contributed by atoms with E-state index in [1.54, 1.807) is 12.1 Å². The number of carbonyl (C=O) groups is 2. The Morgan fingerprint density at radius 1 is 1.03 bits per heavy atom. The highest BCUT2D eigenvalue weighted by Crippen LogP contribution is 2.18. The normalized spacial score (nSPS) is 10.9. The van der Waals surface area contributed by atoms with Crippen molar-refractivity contribution in [3.63, 3.8) is 0 Å². The summed E-state index contributed by atoms with van der Waals surface area (Å²) in [7, 11) is 0. The number of hydrogen-bond donors (Lipinski definition) is 2. The van der Waals surface area contributed by atoms with Gasteiger partial charge < -0.3 is 19.6 Å². The minimum atomic E-state index is -0.239. The van der Waals surface area contributed by atoms with Gasteiger partial charge in [-0.05, 0) is 54.8 Å². The topological polar surface area (TPSA) is 89.2 Å². The predicted molar refractivity (Wildman–Crippen MR) is 124 cm³/mol. The Hall–Kier alpha value is -3.87. The third-order valence-electron chi connectivity index (χ3n) is 5.29. The first-order valence-electron chi connectivity index (χ1n) is 10.8. The Bertz CT molecular complexity index is 1190. The van der Waals surface area contributed by atoms with Gasteiger partial charge in [-0.1, -0.05) is 31.2 Å². The minimum Gasteiger partial charge on any atom is -0.459 e. The molecule has 0 saturated carbocycles. The fourth-order valence-corrected chi connectivity index (χ4v) is 3.60. The van der Waals surface area contributed by atoms with E-state index in [4.69, 9.17) is 9.40 Å². The van der Waals surface area contributed by atoms with Gasteiger partial charge in [0.15, 0.2) is 5.76 Å². The van der Waals surface area contributed by atoms with E-state index in [-0.39, 0.29) is 18.4 Å². The molecule has 0 fully saturated rings. The Morgan fingerprint density at radius 3 is 2.59 bits per heavy atom. The molecule has 0 bridgehead atoms. The summed E-state index contributed by atoms with van der Waals surface area (Å²) in [5.74, 6) is 0.762. The second-order valence-electron chi connectivity index (χ2n) is 7.54. The number of aryl methyl sites for hydroxylation is 2. The highest BCUT2D eigenvalue weighted by Gasteiger charge is 2.14. The largest absolute Gasteiger partial charge is 0.459 e. The molecule has 2 N–H and O–H groups in total. The molecule has 164 valence electrons. The van der Waals surface area contributed by atoms with E-state index in [9.17, 15) is 9.59 Å². The van der Waals surface area contributed by atoms with Gasteiger partial charge >= 0.3 is 0 Å². The molecule has 2 aromatic carbocycles. The molecule has 2 amide bonds. The molecular weight excluding hydrogens is 404 g/mol. The summed E-state index contributed by atoms with van der Waals surface area (Å²) in [6.07, 6.45) is 3.75. The second kappa shape index (κ2) is 9.96. The maximum Gasteiger partial charge on any atom is 0.286 e. The van der Waals surface area contributed by atoms with Crippen molar-refractivity contribution in [3.8, 4) is 0 Å². The molecule has 0 radical (unpaired) electrons. The highest BCUT2D eigenvalue weighted by atomic mass is 16.3. The molecule has 0 unspecified atom stereocenters. The molecule has 32 heavy (non-hydrogen) atoms. The number of furan rings is 1. The van der Waals surface area contributed by atoms with Crippen molar-refractivity contribution in [3.05, 3.63) is 84.1 Å². The third-order valence-corrected chi connectivity index (χ3v) is 5.29. The van der Waals surface area contributed by atoms with E-state index in [0.29, 0.717) is 25.1 Å². The van der Waals surface area contributed by atoms with E-state index in [1.807, 2.05) is 53.1 Å². The number of hydrogen-bond acceptors (Lipinski definition) is 4. The fraction of sp³-hybridized carbons (Fsp3) is 0.240. The maximum absolute atomic E-state index is 12.8. The Morgan fingerprint density at radius 2 is 1.84 bits per heavy atom. The van der Waals surface area contributed by atoms with Crippen molar-refractivity contribution in [1.29, 1.82) is 0 Å². The van der Waals surface area contributed by atoms with Gasteiger partial charge in [0, 0.05) is 18.7 Å². The van der Waals surface area contributed by atoms with Gasteiger partial charge in [-0.2, -0.15) is 0 Å². The van der Waals surface area contributed by atoms with Crippen LogP contribution in [0.4, 0.5) is 5.69 Å². The molecule has 0 spiro atoms. The van der Waals surface area contributed by atoms with Gasteiger partial charge in [0.1, 0.15) is 12.4 Å². The maximum atomic E-state index is 12.8. The van der Waals surface area contributed by atoms with Crippen molar-refractivity contribution in [2.45, 2.75) is 32.7 Å². The van der Waals surface area contributed by atoms with Gasteiger partial charge in [-0.3, -0.25) is 9.59 Å². The number of nitrogens with zero attached hydrogens (tertiary/aromatic N) is 2. The lowest BCUT2D eigenvalue weighted by atomic mass is 10.1. The van der Waals surface area contributed by atoms with Crippen molar-refractivity contribution in [1.82, 2.24) is 14.9 Å². The first-order chi connectivity index (χ1) is 15.6. The number of fused-ring (bicyclic) bond motifs is 1. The van der Waals surface area contributed by atoms with Gasteiger partial charge in [0.25, 0.3) is 5.91 Å². The fourth-order valence-electron chi connectivity index (χ4n) is 3.60. The van der Waals surface area contributed by atoms with E-state index in [0.717, 1.165) is 29.0 Å². The number of aromatic nitrogens is 2. The summed E-state index contributed by atoms with van der Waals surface area (Å²) < 4.78 is 7.05. The first-order valence-corrected chi connectivity index (χ1v) is 10.8. The molecule has 0 aliphatic heterocycles. The molecule has 7 heteroatoms. The SMILES string of the molecule is CCc1ccc(NC(=O)Cn2c(CCCNC(=O)c3ccco3)nc3ccccc32)cc1. The van der Waals surface area contributed by atoms with Crippen LogP contribution in [0.15, 0.2) is 71.3 Å². The van der Waals surface area contributed by atoms with Crippen LogP contribution in [0, 0.1) is 0 Å². The third kappa shape index (κ3) is 5.06. The van der Waals surface area contributed by atoms with Crippen molar-refractivity contribution in [2.75, 3.05) is 11.9 Å². The van der Waals surface area contributed by atoms with Crippen LogP contribution in [0.25, 0.3) is 11.0 Å².